The third kappa shape index (κ3) is 3.77. The molecule has 0 aliphatic rings. The number of rotatable bonds is 3. The molecule has 0 aliphatic heterocycles. The normalized spacial score (nSPS) is 11.3. The summed E-state index contributed by atoms with van der Waals surface area (Å²) >= 11 is 0. The van der Waals surface area contributed by atoms with Gasteiger partial charge >= 0.3 is 5.97 Å². The lowest BCUT2D eigenvalue weighted by atomic mass is 9.85. The summed E-state index contributed by atoms with van der Waals surface area (Å²) in [4.78, 5) is 11.1. The van der Waals surface area contributed by atoms with Gasteiger partial charge in [-0.25, -0.2) is 0 Å². The van der Waals surface area contributed by atoms with Crippen molar-refractivity contribution in [1.82, 2.24) is 0 Å². The summed E-state index contributed by atoms with van der Waals surface area (Å²) in [5.41, 5.74) is 1.63. The van der Waals surface area contributed by atoms with E-state index < -0.39 is 0 Å². The zero-order valence-electron chi connectivity index (χ0n) is 10.9. The van der Waals surface area contributed by atoms with Crippen molar-refractivity contribution in [3.63, 3.8) is 0 Å². The van der Waals surface area contributed by atoms with Gasteiger partial charge in [-0.15, -0.1) is 0 Å². The van der Waals surface area contributed by atoms with Crippen LogP contribution in [0.3, 0.4) is 0 Å². The molecule has 1 rings (SSSR count). The Hall–Kier alpha value is -1.51. The largest absolute Gasteiger partial charge is 0.508 e. The van der Waals surface area contributed by atoms with E-state index in [1.807, 2.05) is 26.8 Å². The first-order chi connectivity index (χ1) is 7.84. The van der Waals surface area contributed by atoms with Gasteiger partial charge in [0, 0.05) is 6.42 Å². The number of aromatic hydroxyl groups is 1. The number of benzene rings is 1. The van der Waals surface area contributed by atoms with Crippen LogP contribution in [0.4, 0.5) is 0 Å². The lowest BCUT2D eigenvalue weighted by Gasteiger charge is -2.21. The quantitative estimate of drug-likeness (QED) is 0.820. The summed E-state index contributed by atoms with van der Waals surface area (Å²) < 4.78 is 5.06. The second-order valence-corrected chi connectivity index (χ2v) is 5.12. The number of phenolic OH excluding ortho intramolecular Hbond substituents is 1. The van der Waals surface area contributed by atoms with Gasteiger partial charge in [0.1, 0.15) is 12.4 Å². The zero-order chi connectivity index (χ0) is 13.1. The molecule has 0 fully saturated rings. The number of carbonyl (C=O) groups is 1. The Balaban J connectivity index is 2.86. The van der Waals surface area contributed by atoms with E-state index in [-0.39, 0.29) is 23.7 Å². The molecular weight excluding hydrogens is 216 g/mol. The number of hydrogen-bond acceptors (Lipinski definition) is 3. The van der Waals surface area contributed by atoms with Crippen molar-refractivity contribution in [1.29, 1.82) is 0 Å². The lowest BCUT2D eigenvalue weighted by Crippen LogP contribution is -2.12. The maximum absolute atomic E-state index is 11.1. The molecule has 0 aromatic heterocycles. The van der Waals surface area contributed by atoms with Crippen LogP contribution in [0.15, 0.2) is 18.2 Å². The highest BCUT2D eigenvalue weighted by atomic mass is 16.5. The van der Waals surface area contributed by atoms with E-state index in [2.05, 4.69) is 0 Å². The Morgan fingerprint density at radius 3 is 2.53 bits per heavy atom. The monoisotopic (exact) mass is 236 g/mol. The highest BCUT2D eigenvalue weighted by Gasteiger charge is 2.18. The molecule has 1 N–H and O–H groups in total. The van der Waals surface area contributed by atoms with Gasteiger partial charge in [0.25, 0.3) is 0 Å². The maximum atomic E-state index is 11.1. The van der Waals surface area contributed by atoms with Crippen LogP contribution in [0.5, 0.6) is 5.75 Å². The Bertz CT molecular complexity index is 402. The molecule has 3 nitrogen and oxygen atoms in total. The molecule has 0 aliphatic carbocycles. The molecule has 0 radical (unpaired) electrons. The smallest absolute Gasteiger partial charge is 0.305 e. The van der Waals surface area contributed by atoms with Crippen LogP contribution in [-0.2, 0) is 21.6 Å². The zero-order valence-corrected chi connectivity index (χ0v) is 10.9. The van der Waals surface area contributed by atoms with Crippen molar-refractivity contribution in [2.45, 2.75) is 46.1 Å². The molecule has 1 aromatic carbocycles. The third-order valence-corrected chi connectivity index (χ3v) is 2.56. The number of carbonyl (C=O) groups excluding carboxylic acids is 1. The number of esters is 1. The van der Waals surface area contributed by atoms with Crippen LogP contribution in [0.25, 0.3) is 0 Å². The van der Waals surface area contributed by atoms with Crippen LogP contribution in [0, 0.1) is 0 Å². The van der Waals surface area contributed by atoms with E-state index >= 15 is 0 Å². The third-order valence-electron chi connectivity index (χ3n) is 2.56. The predicted octanol–water partition coefficient (Wildman–Crippen LogP) is 3.14. The van der Waals surface area contributed by atoms with Crippen molar-refractivity contribution in [2.75, 3.05) is 0 Å². The SMILES string of the molecule is CCC(=O)OCc1ccc(O)c(C(C)(C)C)c1. The molecule has 0 saturated heterocycles. The molecule has 0 saturated carbocycles. The molecule has 0 heterocycles. The summed E-state index contributed by atoms with van der Waals surface area (Å²) in [5.74, 6) is 0.0680. The van der Waals surface area contributed by atoms with Crippen molar-refractivity contribution in [3.05, 3.63) is 29.3 Å². The van der Waals surface area contributed by atoms with Gasteiger partial charge < -0.3 is 9.84 Å². The Morgan fingerprint density at radius 2 is 2.00 bits per heavy atom. The maximum Gasteiger partial charge on any atom is 0.305 e. The molecule has 17 heavy (non-hydrogen) atoms. The minimum absolute atomic E-state index is 0.130. The van der Waals surface area contributed by atoms with Crippen LogP contribution >= 0.6 is 0 Å². The fourth-order valence-electron chi connectivity index (χ4n) is 1.54. The number of phenols is 1. The fourth-order valence-corrected chi connectivity index (χ4v) is 1.54. The van der Waals surface area contributed by atoms with Crippen LogP contribution in [0.1, 0.15) is 45.2 Å². The minimum atomic E-state index is -0.213. The summed E-state index contributed by atoms with van der Waals surface area (Å²) in [7, 11) is 0. The average molecular weight is 236 g/mol. The van der Waals surface area contributed by atoms with E-state index in [4.69, 9.17) is 4.74 Å². The van der Waals surface area contributed by atoms with Crippen molar-refractivity contribution in [3.8, 4) is 5.75 Å². The van der Waals surface area contributed by atoms with Crippen molar-refractivity contribution in [2.24, 2.45) is 0 Å². The molecule has 1 aromatic rings. The van der Waals surface area contributed by atoms with Gasteiger partial charge in [-0.1, -0.05) is 33.8 Å². The molecule has 0 amide bonds. The summed E-state index contributed by atoms with van der Waals surface area (Å²) in [5, 5.41) is 9.79. The van der Waals surface area contributed by atoms with Gasteiger partial charge in [-0.3, -0.25) is 4.79 Å². The van der Waals surface area contributed by atoms with Gasteiger partial charge in [0.15, 0.2) is 0 Å². The Morgan fingerprint density at radius 1 is 1.35 bits per heavy atom. The standard InChI is InChI=1S/C14H20O3/c1-5-13(16)17-9-10-6-7-12(15)11(8-10)14(2,3)4/h6-8,15H,5,9H2,1-4H3. The Labute approximate surface area is 102 Å². The molecule has 0 atom stereocenters. The summed E-state index contributed by atoms with van der Waals surface area (Å²) in [6.45, 7) is 8.12. The second-order valence-electron chi connectivity index (χ2n) is 5.12. The molecule has 0 unspecified atom stereocenters. The number of hydrogen-bond donors (Lipinski definition) is 1. The van der Waals surface area contributed by atoms with Gasteiger partial charge in [0.05, 0.1) is 0 Å². The van der Waals surface area contributed by atoms with E-state index in [1.165, 1.54) is 0 Å². The lowest BCUT2D eigenvalue weighted by molar-refractivity contribution is -0.144. The fraction of sp³-hybridized carbons (Fsp3) is 0.500. The predicted molar refractivity (Wildman–Crippen MR) is 66.9 cm³/mol. The topological polar surface area (TPSA) is 46.5 Å². The molecular formula is C14H20O3. The van der Waals surface area contributed by atoms with E-state index in [1.54, 1.807) is 19.1 Å². The second kappa shape index (κ2) is 5.21. The first-order valence-electron chi connectivity index (χ1n) is 5.82. The summed E-state index contributed by atoms with van der Waals surface area (Å²) in [6, 6.07) is 5.31. The molecule has 94 valence electrons. The molecule has 0 bridgehead atoms. The molecule has 0 spiro atoms. The van der Waals surface area contributed by atoms with Crippen LogP contribution in [0.2, 0.25) is 0 Å². The average Bonchev–Trinajstić information content (AvgIpc) is 2.26. The van der Waals surface area contributed by atoms with Crippen molar-refractivity contribution < 1.29 is 14.6 Å². The molecule has 3 heteroatoms. The highest BCUT2D eigenvalue weighted by molar-refractivity contribution is 5.68. The highest BCUT2D eigenvalue weighted by Crippen LogP contribution is 2.31. The van der Waals surface area contributed by atoms with Gasteiger partial charge in [0.2, 0.25) is 0 Å². The van der Waals surface area contributed by atoms with Crippen molar-refractivity contribution >= 4 is 5.97 Å². The van der Waals surface area contributed by atoms with Crippen LogP contribution in [-0.4, -0.2) is 11.1 Å². The first-order valence-corrected chi connectivity index (χ1v) is 5.82. The van der Waals surface area contributed by atoms with Gasteiger partial charge in [-0.05, 0) is 28.7 Å². The first kappa shape index (κ1) is 13.6. The van der Waals surface area contributed by atoms with Gasteiger partial charge in [-0.2, -0.15) is 0 Å². The minimum Gasteiger partial charge on any atom is -0.508 e. The summed E-state index contributed by atoms with van der Waals surface area (Å²) in [6.07, 6.45) is 0.379. The van der Waals surface area contributed by atoms with E-state index in [0.717, 1.165) is 11.1 Å². The Kier molecular flexibility index (Phi) is 4.16. The van der Waals surface area contributed by atoms with E-state index in [0.29, 0.717) is 6.42 Å². The van der Waals surface area contributed by atoms with E-state index in [9.17, 15) is 9.90 Å². The number of ether oxygens (including phenoxy) is 1. The van der Waals surface area contributed by atoms with Crippen LogP contribution < -0.4 is 0 Å².